The number of amides is 1. The van der Waals surface area contributed by atoms with Gasteiger partial charge in [0.15, 0.2) is 5.82 Å². The van der Waals surface area contributed by atoms with Crippen molar-refractivity contribution >= 4 is 5.91 Å². The largest absolute Gasteiger partial charge is 0.381 e. The summed E-state index contributed by atoms with van der Waals surface area (Å²) in [5.74, 6) is 0.852. The highest BCUT2D eigenvalue weighted by Crippen LogP contribution is 2.31. The van der Waals surface area contributed by atoms with Crippen LogP contribution in [0.4, 0.5) is 0 Å². The summed E-state index contributed by atoms with van der Waals surface area (Å²) in [6.45, 7) is 4.33. The van der Waals surface area contributed by atoms with Crippen LogP contribution < -0.4 is 5.32 Å². The van der Waals surface area contributed by atoms with E-state index in [1.807, 2.05) is 0 Å². The number of aromatic nitrogens is 2. The molecule has 0 spiro atoms. The van der Waals surface area contributed by atoms with Crippen LogP contribution in [0.2, 0.25) is 0 Å². The first kappa shape index (κ1) is 15.4. The van der Waals surface area contributed by atoms with E-state index in [9.17, 15) is 4.79 Å². The van der Waals surface area contributed by atoms with Gasteiger partial charge in [0.25, 0.3) is 0 Å². The molecule has 2 aliphatic rings. The maximum atomic E-state index is 12.8. The van der Waals surface area contributed by atoms with Crippen molar-refractivity contribution in [3.63, 3.8) is 0 Å². The molecule has 0 saturated carbocycles. The van der Waals surface area contributed by atoms with Gasteiger partial charge in [-0.05, 0) is 33.0 Å². The molecule has 3 heterocycles. The first-order valence-electron chi connectivity index (χ1n) is 8.00. The highest BCUT2D eigenvalue weighted by molar-refractivity contribution is 5.80. The summed E-state index contributed by atoms with van der Waals surface area (Å²) >= 11 is 0. The van der Waals surface area contributed by atoms with Gasteiger partial charge in [0.1, 0.15) is 5.54 Å². The topological polar surface area (TPSA) is 67.3 Å². The van der Waals surface area contributed by atoms with E-state index in [2.05, 4.69) is 34.2 Å². The van der Waals surface area contributed by atoms with Crippen molar-refractivity contribution in [3.05, 3.63) is 24.3 Å². The van der Waals surface area contributed by atoms with E-state index < -0.39 is 5.54 Å². The van der Waals surface area contributed by atoms with Gasteiger partial charge >= 0.3 is 0 Å². The van der Waals surface area contributed by atoms with Crippen molar-refractivity contribution in [3.8, 4) is 0 Å². The summed E-state index contributed by atoms with van der Waals surface area (Å²) in [5, 5.41) is 3.27. The second kappa shape index (κ2) is 6.30. The van der Waals surface area contributed by atoms with Gasteiger partial charge in [0, 0.05) is 44.5 Å². The zero-order valence-corrected chi connectivity index (χ0v) is 13.3. The molecule has 22 heavy (non-hydrogen) atoms. The van der Waals surface area contributed by atoms with E-state index >= 15 is 0 Å². The van der Waals surface area contributed by atoms with Gasteiger partial charge < -0.3 is 15.0 Å². The minimum atomic E-state index is -0.489. The van der Waals surface area contributed by atoms with E-state index in [-0.39, 0.29) is 17.9 Å². The quantitative estimate of drug-likeness (QED) is 0.900. The third-order valence-corrected chi connectivity index (χ3v) is 5.11. The summed E-state index contributed by atoms with van der Waals surface area (Å²) in [7, 11) is 2.07. The molecule has 120 valence electrons. The average Bonchev–Trinajstić information content (AvgIpc) is 2.89. The fourth-order valence-electron chi connectivity index (χ4n) is 3.44. The Balaban J connectivity index is 1.80. The van der Waals surface area contributed by atoms with Gasteiger partial charge in [-0.1, -0.05) is 0 Å². The molecule has 1 N–H and O–H groups in total. The number of carbonyl (C=O) groups excluding carboxylic acids is 1. The number of nitrogens with one attached hydrogen (secondary N) is 1. The first-order chi connectivity index (χ1) is 10.6. The highest BCUT2D eigenvalue weighted by Gasteiger charge is 2.42. The van der Waals surface area contributed by atoms with Crippen LogP contribution in [0.1, 0.15) is 32.0 Å². The first-order valence-corrected chi connectivity index (χ1v) is 8.00. The second-order valence-corrected chi connectivity index (χ2v) is 6.37. The maximum absolute atomic E-state index is 12.8. The van der Waals surface area contributed by atoms with E-state index in [0.717, 1.165) is 25.8 Å². The zero-order chi connectivity index (χ0) is 15.6. The molecule has 3 rings (SSSR count). The zero-order valence-electron chi connectivity index (χ0n) is 13.3. The molecule has 2 aliphatic heterocycles. The lowest BCUT2D eigenvalue weighted by molar-refractivity contribution is -0.129. The highest BCUT2D eigenvalue weighted by atomic mass is 16.5. The third kappa shape index (κ3) is 2.85. The molecule has 1 aromatic rings. The Morgan fingerprint density at radius 2 is 2.05 bits per heavy atom. The lowest BCUT2D eigenvalue weighted by Crippen LogP contribution is -2.53. The summed E-state index contributed by atoms with van der Waals surface area (Å²) in [6, 6.07) is 2.07. The number of nitrogens with zero attached hydrogens (tertiary/aromatic N) is 3. The lowest BCUT2D eigenvalue weighted by Gasteiger charge is -2.37. The molecule has 1 amide bonds. The van der Waals surface area contributed by atoms with Gasteiger partial charge in [-0.25, -0.2) is 9.97 Å². The number of hydrogen-bond donors (Lipinski definition) is 1. The van der Waals surface area contributed by atoms with Crippen molar-refractivity contribution in [2.24, 2.45) is 5.92 Å². The van der Waals surface area contributed by atoms with Gasteiger partial charge in [-0.15, -0.1) is 0 Å². The number of hydrogen-bond acceptors (Lipinski definition) is 5. The van der Waals surface area contributed by atoms with Gasteiger partial charge in [0.2, 0.25) is 5.91 Å². The molecule has 6 nitrogen and oxygen atoms in total. The summed E-state index contributed by atoms with van der Waals surface area (Å²) in [4.78, 5) is 23.8. The van der Waals surface area contributed by atoms with Crippen molar-refractivity contribution < 1.29 is 9.53 Å². The molecule has 0 unspecified atom stereocenters. The third-order valence-electron chi connectivity index (χ3n) is 5.11. The van der Waals surface area contributed by atoms with Crippen LogP contribution in [0, 0.1) is 5.92 Å². The predicted molar refractivity (Wildman–Crippen MR) is 82.1 cm³/mol. The molecular weight excluding hydrogens is 280 g/mol. The van der Waals surface area contributed by atoms with Crippen LogP contribution in [0.25, 0.3) is 0 Å². The monoisotopic (exact) mass is 304 g/mol. The van der Waals surface area contributed by atoms with Crippen molar-refractivity contribution in [2.75, 3.05) is 26.8 Å². The smallest absolute Gasteiger partial charge is 0.225 e. The van der Waals surface area contributed by atoms with Crippen LogP contribution in [-0.2, 0) is 15.1 Å². The van der Waals surface area contributed by atoms with Crippen molar-refractivity contribution in [1.82, 2.24) is 20.2 Å². The standard InChI is InChI=1S/C16H24N4O2/c1-12-13(4-9-20(12)2)14(21)19-16(5-10-22-11-6-16)15-17-7-3-8-18-15/h3,7-8,12-13H,4-6,9-11H2,1-2H3,(H,19,21)/t12-,13-/m1/s1. The van der Waals surface area contributed by atoms with E-state index in [1.54, 1.807) is 18.5 Å². The van der Waals surface area contributed by atoms with Crippen LogP contribution >= 0.6 is 0 Å². The molecule has 0 radical (unpaired) electrons. The molecular formula is C16H24N4O2. The Morgan fingerprint density at radius 1 is 1.36 bits per heavy atom. The number of rotatable bonds is 3. The molecule has 1 aromatic heterocycles. The van der Waals surface area contributed by atoms with Crippen LogP contribution in [-0.4, -0.2) is 53.6 Å². The van der Waals surface area contributed by atoms with Crippen molar-refractivity contribution in [2.45, 2.75) is 37.8 Å². The Kier molecular flexibility index (Phi) is 4.40. The van der Waals surface area contributed by atoms with E-state index in [0.29, 0.717) is 19.0 Å². The minimum absolute atomic E-state index is 0.0356. The average molecular weight is 304 g/mol. The van der Waals surface area contributed by atoms with Crippen molar-refractivity contribution in [1.29, 1.82) is 0 Å². The summed E-state index contributed by atoms with van der Waals surface area (Å²) in [6.07, 6.45) is 5.82. The molecule has 2 fully saturated rings. The number of ether oxygens (including phenoxy) is 1. The molecule has 0 bridgehead atoms. The Labute approximate surface area is 131 Å². The fourth-order valence-corrected chi connectivity index (χ4v) is 3.44. The summed E-state index contributed by atoms with van der Waals surface area (Å²) < 4.78 is 5.48. The normalized spacial score (nSPS) is 28.5. The number of likely N-dealkylation sites (tertiary alicyclic amines) is 1. The van der Waals surface area contributed by atoms with E-state index in [1.165, 1.54) is 0 Å². The molecule has 0 aliphatic carbocycles. The maximum Gasteiger partial charge on any atom is 0.225 e. The van der Waals surface area contributed by atoms with E-state index in [4.69, 9.17) is 4.74 Å². The minimum Gasteiger partial charge on any atom is -0.381 e. The van der Waals surface area contributed by atoms with Gasteiger partial charge in [-0.3, -0.25) is 4.79 Å². The summed E-state index contributed by atoms with van der Waals surface area (Å²) in [5.41, 5.74) is -0.489. The van der Waals surface area contributed by atoms with Crippen LogP contribution in [0.15, 0.2) is 18.5 Å². The Morgan fingerprint density at radius 3 is 2.64 bits per heavy atom. The van der Waals surface area contributed by atoms with Crippen LogP contribution in [0.5, 0.6) is 0 Å². The lowest BCUT2D eigenvalue weighted by atomic mass is 9.87. The van der Waals surface area contributed by atoms with Gasteiger partial charge in [0.05, 0.1) is 5.92 Å². The van der Waals surface area contributed by atoms with Crippen LogP contribution in [0.3, 0.4) is 0 Å². The molecule has 2 atom stereocenters. The Hall–Kier alpha value is -1.53. The molecule has 0 aromatic carbocycles. The predicted octanol–water partition coefficient (Wildman–Crippen LogP) is 0.939. The Bertz CT molecular complexity index is 516. The number of carbonyl (C=O) groups is 1. The molecule has 6 heteroatoms. The fraction of sp³-hybridized carbons (Fsp3) is 0.688. The SMILES string of the molecule is C[C@@H]1[C@H](C(=O)NC2(c3ncccn3)CCOCC2)CCN1C. The molecule has 2 saturated heterocycles. The van der Waals surface area contributed by atoms with Gasteiger partial charge in [-0.2, -0.15) is 0 Å². The second-order valence-electron chi connectivity index (χ2n) is 6.37.